The zero-order chi connectivity index (χ0) is 51.6. The molecule has 0 aromatic heterocycles. The average Bonchev–Trinajstić information content (AvgIpc) is 3.26. The Morgan fingerprint density at radius 3 is 1.46 bits per heavy atom. The lowest BCUT2D eigenvalue weighted by molar-refractivity contribution is -0.192. The molecule has 9 amide bonds. The Balaban J connectivity index is 0.00000534. The van der Waals surface area contributed by atoms with Crippen LogP contribution in [0.2, 0.25) is 0 Å². The van der Waals surface area contributed by atoms with Crippen molar-refractivity contribution < 1.29 is 66.2 Å². The van der Waals surface area contributed by atoms with Gasteiger partial charge in [-0.15, -0.1) is 0 Å². The molecule has 0 saturated heterocycles. The summed E-state index contributed by atoms with van der Waals surface area (Å²) < 4.78 is 31.7. The van der Waals surface area contributed by atoms with Crippen LogP contribution in [0.25, 0.3) is 0 Å². The van der Waals surface area contributed by atoms with E-state index in [1.807, 2.05) is 20.1 Å². The fourth-order valence-electron chi connectivity index (χ4n) is 5.96. The number of amides is 9. The van der Waals surface area contributed by atoms with Crippen molar-refractivity contribution in [1.29, 1.82) is 0 Å². The van der Waals surface area contributed by atoms with Gasteiger partial charge in [-0.05, 0) is 54.7 Å². The van der Waals surface area contributed by atoms with Gasteiger partial charge in [0.1, 0.15) is 30.2 Å². The van der Waals surface area contributed by atoms with E-state index in [1.54, 1.807) is 60.7 Å². The van der Waals surface area contributed by atoms with Crippen molar-refractivity contribution in [3.63, 3.8) is 0 Å². The minimum absolute atomic E-state index is 0. The predicted molar refractivity (Wildman–Crippen MR) is 250 cm³/mol. The summed E-state index contributed by atoms with van der Waals surface area (Å²) in [7, 11) is 0. The molecule has 0 unspecified atom stereocenters. The van der Waals surface area contributed by atoms with Crippen molar-refractivity contribution >= 4 is 70.9 Å². The third kappa shape index (κ3) is 26.4. The summed E-state index contributed by atoms with van der Waals surface area (Å²) in [6, 6.07) is 10.1. The molecule has 0 spiro atoms. The van der Waals surface area contributed by atoms with E-state index < -0.39 is 108 Å². The van der Waals surface area contributed by atoms with Crippen LogP contribution >= 0.6 is 11.8 Å². The molecule has 0 bridgehead atoms. The average molecular weight is 999 g/mol. The van der Waals surface area contributed by atoms with Crippen LogP contribution < -0.4 is 54.8 Å². The van der Waals surface area contributed by atoms with Gasteiger partial charge in [0.15, 0.2) is 0 Å². The van der Waals surface area contributed by atoms with Crippen molar-refractivity contribution in [3.05, 3.63) is 71.8 Å². The Kier molecular flexibility index (Phi) is 28.9. The number of benzene rings is 2. The lowest BCUT2D eigenvalue weighted by Crippen LogP contribution is -2.59. The normalized spacial score (nSPS) is 13.4. The van der Waals surface area contributed by atoms with Crippen LogP contribution in [0.4, 0.5) is 13.2 Å². The van der Waals surface area contributed by atoms with Gasteiger partial charge in [0, 0.05) is 25.7 Å². The number of halogens is 3. The van der Waals surface area contributed by atoms with Gasteiger partial charge in [-0.2, -0.15) is 24.9 Å². The van der Waals surface area contributed by atoms with Crippen LogP contribution in [0, 0.1) is 5.92 Å². The van der Waals surface area contributed by atoms with Crippen LogP contribution in [0.15, 0.2) is 60.7 Å². The molecule has 384 valence electrons. The highest BCUT2D eigenvalue weighted by molar-refractivity contribution is 7.98. The SMILES string of the molecule is C.CSCC[C@H](NC(=O)[C@H](CC(C)C)NC(=O)CNC(=O)[C@H](Cc1ccccc1)NC(=O)[C@H](Cc1ccccc1)NC(=O)[C@H](CCC(N)=O)NC(=O)[C@@H](N)CCC(N)=O)C(N)=O.O=C(O)C(F)(F)F. The first-order valence-corrected chi connectivity index (χ1v) is 22.5. The van der Waals surface area contributed by atoms with Gasteiger partial charge >= 0.3 is 12.1 Å². The molecule has 0 aliphatic carbocycles. The Morgan fingerprint density at radius 2 is 1.03 bits per heavy atom. The number of aliphatic carboxylic acids is 1. The highest BCUT2D eigenvalue weighted by Crippen LogP contribution is 2.13. The number of hydrogen-bond acceptors (Lipinski definition) is 12. The summed E-state index contributed by atoms with van der Waals surface area (Å²) in [5.74, 6) is -8.95. The van der Waals surface area contributed by atoms with Crippen LogP contribution in [0.1, 0.15) is 70.9 Å². The van der Waals surface area contributed by atoms with Crippen molar-refractivity contribution in [2.75, 3.05) is 18.6 Å². The maximum atomic E-state index is 14.1. The molecule has 2 aromatic rings. The molecule has 0 aliphatic heterocycles. The van der Waals surface area contributed by atoms with Crippen LogP contribution in [-0.2, 0) is 60.8 Å². The number of nitrogens with one attached hydrogen (secondary N) is 6. The predicted octanol–water partition coefficient (Wildman–Crippen LogP) is -0.576. The van der Waals surface area contributed by atoms with Gasteiger partial charge in [0.05, 0.1) is 12.6 Å². The number of nitrogens with two attached hydrogens (primary N) is 4. The molecule has 0 radical (unpaired) electrons. The molecular weight excluding hydrogens is 934 g/mol. The number of carbonyl (C=O) groups is 10. The zero-order valence-electron chi connectivity index (χ0n) is 37.8. The lowest BCUT2D eigenvalue weighted by Gasteiger charge is -2.26. The minimum Gasteiger partial charge on any atom is -0.475 e. The third-order valence-corrected chi connectivity index (χ3v) is 10.1. The summed E-state index contributed by atoms with van der Waals surface area (Å²) in [5.41, 5.74) is 23.2. The second-order valence-electron chi connectivity index (χ2n) is 15.7. The summed E-state index contributed by atoms with van der Waals surface area (Å²) in [6.07, 6.45) is -3.69. The topological polar surface area (TPSA) is 367 Å². The minimum atomic E-state index is -5.08. The zero-order valence-corrected chi connectivity index (χ0v) is 38.6. The maximum Gasteiger partial charge on any atom is 0.490 e. The van der Waals surface area contributed by atoms with Crippen molar-refractivity contribution in [2.45, 2.75) is 115 Å². The van der Waals surface area contributed by atoms with E-state index in [-0.39, 0.29) is 58.3 Å². The quantitative estimate of drug-likeness (QED) is 0.0509. The van der Waals surface area contributed by atoms with Gasteiger partial charge in [0.2, 0.25) is 53.2 Å². The summed E-state index contributed by atoms with van der Waals surface area (Å²) in [6.45, 7) is 3.11. The summed E-state index contributed by atoms with van der Waals surface area (Å²) in [5, 5.41) is 22.6. The molecular formula is C44H65F3N10O11S. The first-order valence-electron chi connectivity index (χ1n) is 21.1. The lowest BCUT2D eigenvalue weighted by atomic mass is 10.0. The second kappa shape index (κ2) is 32.1. The van der Waals surface area contributed by atoms with E-state index in [9.17, 15) is 56.3 Å². The summed E-state index contributed by atoms with van der Waals surface area (Å²) >= 11 is 1.48. The van der Waals surface area contributed by atoms with Crippen LogP contribution in [0.5, 0.6) is 0 Å². The van der Waals surface area contributed by atoms with Gasteiger partial charge in [0.25, 0.3) is 0 Å². The molecule has 21 nitrogen and oxygen atoms in total. The van der Waals surface area contributed by atoms with Gasteiger partial charge in [-0.25, -0.2) is 4.79 Å². The molecule has 0 heterocycles. The highest BCUT2D eigenvalue weighted by atomic mass is 32.2. The number of primary amides is 3. The van der Waals surface area contributed by atoms with E-state index in [0.717, 1.165) is 0 Å². The van der Waals surface area contributed by atoms with Crippen molar-refractivity contribution in [1.82, 2.24) is 31.9 Å². The van der Waals surface area contributed by atoms with Crippen molar-refractivity contribution in [2.24, 2.45) is 28.9 Å². The first-order chi connectivity index (χ1) is 31.8. The molecule has 25 heteroatoms. The Morgan fingerprint density at radius 1 is 0.609 bits per heavy atom. The number of carboxylic acids is 1. The number of alkyl halides is 3. The number of carbonyl (C=O) groups excluding carboxylic acids is 9. The number of carboxylic acid groups (broad SMARTS) is 1. The smallest absolute Gasteiger partial charge is 0.475 e. The molecule has 6 atom stereocenters. The molecule has 2 rings (SSSR count). The molecule has 0 aliphatic rings. The largest absolute Gasteiger partial charge is 0.490 e. The Bertz CT molecular complexity index is 2020. The maximum absolute atomic E-state index is 14.1. The monoisotopic (exact) mass is 998 g/mol. The standard InChI is InChI=1S/C41H60N10O9S.C2HF3O2.CH4/c1-24(2)20-30(40(59)48-28(36(45)55)18-19-61-3)47-35(54)23-46-38(57)31(21-25-10-6-4-7-11-25)50-41(60)32(22-26-12-8-5-9-13-26)51-39(58)29(15-17-34(44)53)49-37(56)27(42)14-16-33(43)52;3-2(4,5)1(6)7;/h4-13,24,27-32H,14-23,42H2,1-3H3,(H2,43,52)(H2,44,53)(H2,45,55)(H,46,57)(H,47,54)(H,48,59)(H,49,56)(H,50,60)(H,51,58);(H,6,7);1H4/t27-,28-,29-,30-,31-,32-;;/m0../s1. The molecule has 2 aromatic carbocycles. The third-order valence-electron chi connectivity index (χ3n) is 9.48. The number of rotatable bonds is 28. The fourth-order valence-corrected chi connectivity index (χ4v) is 6.43. The number of hydrogen-bond donors (Lipinski definition) is 11. The molecule has 0 fully saturated rings. The van der Waals surface area contributed by atoms with Gasteiger partial charge < -0.3 is 59.9 Å². The number of thioether (sulfide) groups is 1. The van der Waals surface area contributed by atoms with Crippen LogP contribution in [0.3, 0.4) is 0 Å². The van der Waals surface area contributed by atoms with E-state index in [2.05, 4.69) is 31.9 Å². The van der Waals surface area contributed by atoms with E-state index in [4.69, 9.17) is 32.8 Å². The van der Waals surface area contributed by atoms with Crippen LogP contribution in [-0.4, -0.2) is 125 Å². The molecule has 15 N–H and O–H groups in total. The van der Waals surface area contributed by atoms with E-state index in [1.165, 1.54) is 11.8 Å². The molecule has 69 heavy (non-hydrogen) atoms. The van der Waals surface area contributed by atoms with Gasteiger partial charge in [-0.3, -0.25) is 43.2 Å². The van der Waals surface area contributed by atoms with E-state index in [0.29, 0.717) is 23.3 Å². The summed E-state index contributed by atoms with van der Waals surface area (Å²) in [4.78, 5) is 125. The second-order valence-corrected chi connectivity index (χ2v) is 16.7. The Hall–Kier alpha value is -6.76. The molecule has 0 saturated carbocycles. The van der Waals surface area contributed by atoms with E-state index >= 15 is 0 Å². The van der Waals surface area contributed by atoms with Gasteiger partial charge in [-0.1, -0.05) is 81.9 Å². The van der Waals surface area contributed by atoms with Crippen molar-refractivity contribution in [3.8, 4) is 0 Å². The first kappa shape index (κ1) is 62.2. The highest BCUT2D eigenvalue weighted by Gasteiger charge is 2.38. The fraction of sp³-hybridized carbons (Fsp3) is 0.500. The Labute approximate surface area is 402 Å².